The number of likely N-dealkylation sites (tertiary alicyclic amines) is 1. The lowest BCUT2D eigenvalue weighted by Gasteiger charge is -2.28. The monoisotopic (exact) mass is 255 g/mol. The summed E-state index contributed by atoms with van der Waals surface area (Å²) in [5, 5.41) is 2.71. The SMILES string of the molecule is CC(NC(=O)C(N)C(C)(C)C)C(=O)N1CCCC1. The van der Waals surface area contributed by atoms with Gasteiger partial charge in [0, 0.05) is 13.1 Å². The third kappa shape index (κ3) is 3.70. The Morgan fingerprint density at radius 2 is 1.72 bits per heavy atom. The van der Waals surface area contributed by atoms with E-state index in [1.54, 1.807) is 11.8 Å². The molecule has 5 nitrogen and oxygen atoms in total. The van der Waals surface area contributed by atoms with Gasteiger partial charge in [-0.3, -0.25) is 9.59 Å². The molecule has 1 aliphatic heterocycles. The fourth-order valence-electron chi connectivity index (χ4n) is 1.97. The maximum atomic E-state index is 12.0. The predicted molar refractivity (Wildman–Crippen MR) is 70.8 cm³/mol. The van der Waals surface area contributed by atoms with Crippen LogP contribution in [0.1, 0.15) is 40.5 Å². The number of nitrogens with zero attached hydrogens (tertiary/aromatic N) is 1. The van der Waals surface area contributed by atoms with E-state index in [0.717, 1.165) is 25.9 Å². The average Bonchev–Trinajstić information content (AvgIpc) is 2.78. The number of nitrogens with one attached hydrogen (secondary N) is 1. The maximum absolute atomic E-state index is 12.0. The predicted octanol–water partition coefficient (Wildman–Crippen LogP) is 0.487. The van der Waals surface area contributed by atoms with E-state index in [4.69, 9.17) is 5.73 Å². The molecule has 2 amide bonds. The molecule has 3 N–H and O–H groups in total. The zero-order valence-electron chi connectivity index (χ0n) is 11.8. The maximum Gasteiger partial charge on any atom is 0.244 e. The van der Waals surface area contributed by atoms with Gasteiger partial charge >= 0.3 is 0 Å². The molecule has 1 heterocycles. The molecule has 2 atom stereocenters. The van der Waals surface area contributed by atoms with Crippen molar-refractivity contribution in [2.45, 2.75) is 52.6 Å². The molecule has 1 rings (SSSR count). The number of nitrogens with two attached hydrogens (primary N) is 1. The van der Waals surface area contributed by atoms with Crippen LogP contribution in [0.3, 0.4) is 0 Å². The highest BCUT2D eigenvalue weighted by Gasteiger charge is 2.30. The lowest BCUT2D eigenvalue weighted by Crippen LogP contribution is -2.54. The van der Waals surface area contributed by atoms with Crippen molar-refractivity contribution >= 4 is 11.8 Å². The summed E-state index contributed by atoms with van der Waals surface area (Å²) in [6.07, 6.45) is 2.10. The molecule has 0 aromatic heterocycles. The first kappa shape index (κ1) is 15.0. The van der Waals surface area contributed by atoms with E-state index in [2.05, 4.69) is 5.32 Å². The van der Waals surface area contributed by atoms with Gasteiger partial charge in [0.05, 0.1) is 6.04 Å². The molecular weight excluding hydrogens is 230 g/mol. The average molecular weight is 255 g/mol. The number of amides is 2. The van der Waals surface area contributed by atoms with Crippen molar-refractivity contribution in [3.8, 4) is 0 Å². The van der Waals surface area contributed by atoms with Crippen LogP contribution >= 0.6 is 0 Å². The van der Waals surface area contributed by atoms with Crippen molar-refractivity contribution in [2.24, 2.45) is 11.1 Å². The molecule has 1 fully saturated rings. The van der Waals surface area contributed by atoms with Crippen LogP contribution in [0, 0.1) is 5.41 Å². The number of rotatable bonds is 3. The summed E-state index contributed by atoms with van der Waals surface area (Å²) in [6.45, 7) is 9.03. The van der Waals surface area contributed by atoms with E-state index in [1.165, 1.54) is 0 Å². The third-order valence-corrected chi connectivity index (χ3v) is 3.36. The van der Waals surface area contributed by atoms with E-state index in [-0.39, 0.29) is 17.2 Å². The van der Waals surface area contributed by atoms with Gasteiger partial charge in [-0.1, -0.05) is 20.8 Å². The zero-order chi connectivity index (χ0) is 13.9. The first-order valence-electron chi connectivity index (χ1n) is 6.58. The van der Waals surface area contributed by atoms with Crippen molar-refractivity contribution in [1.82, 2.24) is 10.2 Å². The van der Waals surface area contributed by atoms with E-state index < -0.39 is 12.1 Å². The fraction of sp³-hybridized carbons (Fsp3) is 0.846. The normalized spacial score (nSPS) is 19.5. The van der Waals surface area contributed by atoms with E-state index in [1.807, 2.05) is 20.8 Å². The fourth-order valence-corrected chi connectivity index (χ4v) is 1.97. The summed E-state index contributed by atoms with van der Waals surface area (Å²) in [7, 11) is 0. The second-order valence-corrected chi connectivity index (χ2v) is 6.11. The molecule has 104 valence electrons. The van der Waals surface area contributed by atoms with Crippen molar-refractivity contribution in [2.75, 3.05) is 13.1 Å². The number of carbonyl (C=O) groups excluding carboxylic acids is 2. The van der Waals surface area contributed by atoms with Crippen LogP contribution in [0.25, 0.3) is 0 Å². The summed E-state index contributed by atoms with van der Waals surface area (Å²) < 4.78 is 0. The molecule has 2 unspecified atom stereocenters. The van der Waals surface area contributed by atoms with Gasteiger partial charge in [0.25, 0.3) is 0 Å². The second-order valence-electron chi connectivity index (χ2n) is 6.11. The first-order chi connectivity index (χ1) is 8.23. The molecule has 1 aliphatic rings. The smallest absolute Gasteiger partial charge is 0.244 e. The van der Waals surface area contributed by atoms with Gasteiger partial charge in [-0.25, -0.2) is 0 Å². The van der Waals surface area contributed by atoms with E-state index in [9.17, 15) is 9.59 Å². The molecular formula is C13H25N3O2. The molecule has 0 aromatic carbocycles. The molecule has 0 aliphatic carbocycles. The second kappa shape index (κ2) is 5.69. The minimum atomic E-state index is -0.605. The summed E-state index contributed by atoms with van der Waals surface area (Å²) in [6, 6.07) is -1.10. The number of hydrogen-bond donors (Lipinski definition) is 2. The minimum Gasteiger partial charge on any atom is -0.343 e. The highest BCUT2D eigenvalue weighted by atomic mass is 16.2. The van der Waals surface area contributed by atoms with Crippen molar-refractivity contribution in [1.29, 1.82) is 0 Å². The Morgan fingerprint density at radius 3 is 2.17 bits per heavy atom. The lowest BCUT2D eigenvalue weighted by atomic mass is 9.87. The Labute approximate surface area is 109 Å². The van der Waals surface area contributed by atoms with Gasteiger partial charge in [-0.2, -0.15) is 0 Å². The Balaban J connectivity index is 2.51. The molecule has 0 radical (unpaired) electrons. The topological polar surface area (TPSA) is 75.4 Å². The largest absolute Gasteiger partial charge is 0.343 e. The standard InChI is InChI=1S/C13H25N3O2/c1-9(12(18)16-7-5-6-8-16)15-11(17)10(14)13(2,3)4/h9-10H,5-8,14H2,1-4H3,(H,15,17). The van der Waals surface area contributed by atoms with Crippen molar-refractivity contribution < 1.29 is 9.59 Å². The van der Waals surface area contributed by atoms with Crippen LogP contribution in [-0.2, 0) is 9.59 Å². The summed E-state index contributed by atoms with van der Waals surface area (Å²) in [5.41, 5.74) is 5.55. The van der Waals surface area contributed by atoms with Crippen LogP contribution in [0.4, 0.5) is 0 Å². The molecule has 0 bridgehead atoms. The van der Waals surface area contributed by atoms with Crippen LogP contribution in [0.2, 0.25) is 0 Å². The molecule has 1 saturated heterocycles. The lowest BCUT2D eigenvalue weighted by molar-refractivity contribution is -0.136. The third-order valence-electron chi connectivity index (χ3n) is 3.36. The van der Waals surface area contributed by atoms with Crippen molar-refractivity contribution in [3.63, 3.8) is 0 Å². The van der Waals surface area contributed by atoms with Gasteiger partial charge < -0.3 is 16.0 Å². The van der Waals surface area contributed by atoms with Gasteiger partial charge in [-0.15, -0.1) is 0 Å². The van der Waals surface area contributed by atoms with Crippen LogP contribution < -0.4 is 11.1 Å². The van der Waals surface area contributed by atoms with E-state index >= 15 is 0 Å². The molecule has 0 spiro atoms. The molecule has 0 aromatic rings. The van der Waals surface area contributed by atoms with Crippen LogP contribution in [0.15, 0.2) is 0 Å². The van der Waals surface area contributed by atoms with Crippen LogP contribution in [-0.4, -0.2) is 41.9 Å². The molecule has 0 saturated carbocycles. The quantitative estimate of drug-likeness (QED) is 0.770. The molecule has 18 heavy (non-hydrogen) atoms. The Kier molecular flexibility index (Phi) is 4.73. The number of carbonyl (C=O) groups is 2. The zero-order valence-corrected chi connectivity index (χ0v) is 11.8. The number of hydrogen-bond acceptors (Lipinski definition) is 3. The van der Waals surface area contributed by atoms with Gasteiger partial charge in [-0.05, 0) is 25.2 Å². The Hall–Kier alpha value is -1.10. The Bertz CT molecular complexity index is 317. The van der Waals surface area contributed by atoms with E-state index in [0.29, 0.717) is 0 Å². The summed E-state index contributed by atoms with van der Waals surface area (Å²) >= 11 is 0. The Morgan fingerprint density at radius 1 is 1.22 bits per heavy atom. The van der Waals surface area contributed by atoms with Gasteiger partial charge in [0.15, 0.2) is 0 Å². The highest BCUT2D eigenvalue weighted by molar-refractivity contribution is 5.89. The molecule has 5 heteroatoms. The summed E-state index contributed by atoms with van der Waals surface area (Å²) in [5.74, 6) is -0.274. The van der Waals surface area contributed by atoms with Crippen molar-refractivity contribution in [3.05, 3.63) is 0 Å². The first-order valence-corrected chi connectivity index (χ1v) is 6.58. The summed E-state index contributed by atoms with van der Waals surface area (Å²) in [4.78, 5) is 25.7. The minimum absolute atomic E-state index is 0.0121. The van der Waals surface area contributed by atoms with Gasteiger partial charge in [0.2, 0.25) is 11.8 Å². The van der Waals surface area contributed by atoms with Gasteiger partial charge in [0.1, 0.15) is 6.04 Å². The highest BCUT2D eigenvalue weighted by Crippen LogP contribution is 2.17. The van der Waals surface area contributed by atoms with Crippen LogP contribution in [0.5, 0.6) is 0 Å².